The molecule has 1 aromatic carbocycles. The van der Waals surface area contributed by atoms with Gasteiger partial charge < -0.3 is 5.32 Å². The lowest BCUT2D eigenvalue weighted by atomic mass is 10.0. The average Bonchev–Trinajstić information content (AvgIpc) is 2.64. The minimum absolute atomic E-state index is 0.344. The van der Waals surface area contributed by atoms with Crippen molar-refractivity contribution in [3.63, 3.8) is 0 Å². The first kappa shape index (κ1) is 13.1. The summed E-state index contributed by atoms with van der Waals surface area (Å²) in [6.45, 7) is 0. The van der Waals surface area contributed by atoms with Crippen molar-refractivity contribution in [3.8, 4) is 0 Å². The van der Waals surface area contributed by atoms with Crippen LogP contribution in [0.5, 0.6) is 0 Å². The number of hydrogen-bond acceptors (Lipinski definition) is 4. The summed E-state index contributed by atoms with van der Waals surface area (Å²) in [5, 5.41) is 3.66. The van der Waals surface area contributed by atoms with E-state index in [0.29, 0.717) is 29.6 Å². The lowest BCUT2D eigenvalue weighted by Crippen LogP contribution is -1.98. The number of aryl methyl sites for hydroxylation is 2. The first-order valence-electron chi connectivity index (χ1n) is 6.59. The monoisotopic (exact) mass is 287 g/mol. The van der Waals surface area contributed by atoms with Crippen LogP contribution >= 0.6 is 11.6 Å². The van der Waals surface area contributed by atoms with E-state index in [-0.39, 0.29) is 0 Å². The molecule has 0 spiro atoms. The van der Waals surface area contributed by atoms with Gasteiger partial charge in [-0.15, -0.1) is 0 Å². The minimum atomic E-state index is 0.344. The highest BCUT2D eigenvalue weighted by atomic mass is 35.5. The fraction of sp³-hybridized carbons (Fsp3) is 0.267. The molecule has 102 valence electrons. The molecule has 3 rings (SSSR count). The molecule has 1 aliphatic carbocycles. The Kier molecular flexibility index (Phi) is 3.65. The van der Waals surface area contributed by atoms with E-state index in [1.807, 2.05) is 6.07 Å². The molecule has 0 atom stereocenters. The van der Waals surface area contributed by atoms with Gasteiger partial charge in [0, 0.05) is 18.5 Å². The summed E-state index contributed by atoms with van der Waals surface area (Å²) < 4.78 is 0. The Bertz CT molecular complexity index is 640. The van der Waals surface area contributed by atoms with Crippen LogP contribution in [0.2, 0.25) is 5.02 Å². The Morgan fingerprint density at radius 2 is 1.70 bits per heavy atom. The van der Waals surface area contributed by atoms with Gasteiger partial charge in [-0.1, -0.05) is 17.7 Å². The number of aromatic nitrogens is 2. The van der Waals surface area contributed by atoms with Crippen LogP contribution in [0.25, 0.3) is 0 Å². The van der Waals surface area contributed by atoms with E-state index < -0.39 is 0 Å². The molecule has 0 fully saturated rings. The molecule has 1 heterocycles. The topological polar surface area (TPSA) is 54.9 Å². The number of benzene rings is 1. The summed E-state index contributed by atoms with van der Waals surface area (Å²) in [4.78, 5) is 19.7. The molecule has 1 aromatic heterocycles. The van der Waals surface area contributed by atoms with E-state index in [4.69, 9.17) is 11.6 Å². The Labute approximate surface area is 122 Å². The van der Waals surface area contributed by atoms with Crippen LogP contribution in [0.15, 0.2) is 30.6 Å². The van der Waals surface area contributed by atoms with E-state index in [1.54, 1.807) is 12.4 Å². The summed E-state index contributed by atoms with van der Waals surface area (Å²) in [6.07, 6.45) is 6.04. The highest BCUT2D eigenvalue weighted by molar-refractivity contribution is 6.30. The third-order valence-electron chi connectivity index (χ3n) is 3.43. The molecule has 0 bridgehead atoms. The van der Waals surface area contributed by atoms with Gasteiger partial charge in [0.25, 0.3) is 0 Å². The van der Waals surface area contributed by atoms with Gasteiger partial charge in [-0.05, 0) is 36.1 Å². The fourth-order valence-electron chi connectivity index (χ4n) is 2.36. The molecule has 2 aromatic rings. The second kappa shape index (κ2) is 5.59. The zero-order valence-electron chi connectivity index (χ0n) is 10.9. The number of carbonyl (C=O) groups is 1. The van der Waals surface area contributed by atoms with Crippen molar-refractivity contribution < 1.29 is 4.79 Å². The van der Waals surface area contributed by atoms with Gasteiger partial charge in [0.2, 0.25) is 5.95 Å². The van der Waals surface area contributed by atoms with Crippen LogP contribution in [0.1, 0.15) is 24.0 Å². The maximum absolute atomic E-state index is 11.5. The molecule has 0 radical (unpaired) electrons. The number of Topliss-reactive ketones (excluding diaryl/α,β-unsaturated/α-hetero) is 1. The maximum atomic E-state index is 11.5. The molecule has 0 saturated carbocycles. The summed E-state index contributed by atoms with van der Waals surface area (Å²) in [5.74, 6) is 0.857. The standard InChI is InChI=1S/C15H14ClN3O/c16-12-8-17-15(18-9-12)19-13-4-1-10-2-5-14(20)6-3-11(10)7-13/h1,4,7-9H,2-3,5-6H2,(H,17,18,19). The van der Waals surface area contributed by atoms with E-state index in [2.05, 4.69) is 27.4 Å². The molecule has 0 saturated heterocycles. The van der Waals surface area contributed by atoms with Gasteiger partial charge in [0.05, 0.1) is 17.4 Å². The van der Waals surface area contributed by atoms with Crippen molar-refractivity contribution in [1.82, 2.24) is 9.97 Å². The van der Waals surface area contributed by atoms with E-state index in [9.17, 15) is 4.79 Å². The normalized spacial score (nSPS) is 14.6. The second-order valence-corrected chi connectivity index (χ2v) is 5.31. The van der Waals surface area contributed by atoms with Crippen molar-refractivity contribution in [3.05, 3.63) is 46.7 Å². The van der Waals surface area contributed by atoms with Crippen LogP contribution in [-0.2, 0) is 17.6 Å². The Morgan fingerprint density at radius 3 is 2.45 bits per heavy atom. The quantitative estimate of drug-likeness (QED) is 0.861. The van der Waals surface area contributed by atoms with Gasteiger partial charge in [-0.2, -0.15) is 0 Å². The Morgan fingerprint density at radius 1 is 1.00 bits per heavy atom. The van der Waals surface area contributed by atoms with Crippen molar-refractivity contribution in [1.29, 1.82) is 0 Å². The van der Waals surface area contributed by atoms with Crippen LogP contribution in [0.3, 0.4) is 0 Å². The summed E-state index contributed by atoms with van der Waals surface area (Å²) in [7, 11) is 0. The first-order chi connectivity index (χ1) is 9.70. The largest absolute Gasteiger partial charge is 0.324 e. The van der Waals surface area contributed by atoms with Gasteiger partial charge in [0.1, 0.15) is 5.78 Å². The van der Waals surface area contributed by atoms with Crippen molar-refractivity contribution in [2.45, 2.75) is 25.7 Å². The molecule has 1 aliphatic rings. The zero-order chi connectivity index (χ0) is 13.9. The highest BCUT2D eigenvalue weighted by Crippen LogP contribution is 2.24. The van der Waals surface area contributed by atoms with Crippen LogP contribution < -0.4 is 5.32 Å². The lowest BCUT2D eigenvalue weighted by molar-refractivity contribution is -0.118. The van der Waals surface area contributed by atoms with Gasteiger partial charge in [-0.3, -0.25) is 4.79 Å². The van der Waals surface area contributed by atoms with Gasteiger partial charge in [-0.25, -0.2) is 9.97 Å². The molecule has 0 unspecified atom stereocenters. The van der Waals surface area contributed by atoms with Crippen molar-refractivity contribution in [2.24, 2.45) is 0 Å². The number of halogens is 1. The number of rotatable bonds is 2. The second-order valence-electron chi connectivity index (χ2n) is 4.87. The molecule has 4 nitrogen and oxygen atoms in total. The number of hydrogen-bond donors (Lipinski definition) is 1. The average molecular weight is 288 g/mol. The molecule has 0 aliphatic heterocycles. The van der Waals surface area contributed by atoms with E-state index in [1.165, 1.54) is 11.1 Å². The fourth-order valence-corrected chi connectivity index (χ4v) is 2.46. The van der Waals surface area contributed by atoms with Crippen LogP contribution in [0.4, 0.5) is 11.6 Å². The molecule has 20 heavy (non-hydrogen) atoms. The summed E-state index contributed by atoms with van der Waals surface area (Å²) >= 11 is 5.76. The predicted octanol–water partition coefficient (Wildman–Crippen LogP) is 3.32. The Hall–Kier alpha value is -1.94. The van der Waals surface area contributed by atoms with E-state index >= 15 is 0 Å². The molecule has 0 amide bonds. The smallest absolute Gasteiger partial charge is 0.227 e. The van der Waals surface area contributed by atoms with Gasteiger partial charge >= 0.3 is 0 Å². The van der Waals surface area contributed by atoms with Crippen LogP contribution in [-0.4, -0.2) is 15.8 Å². The Balaban J connectivity index is 1.81. The molecule has 5 heteroatoms. The van der Waals surface area contributed by atoms with Crippen LogP contribution in [0, 0.1) is 0 Å². The number of fused-ring (bicyclic) bond motifs is 1. The number of nitrogens with one attached hydrogen (secondary N) is 1. The third kappa shape index (κ3) is 2.96. The van der Waals surface area contributed by atoms with Gasteiger partial charge in [0.15, 0.2) is 0 Å². The summed E-state index contributed by atoms with van der Waals surface area (Å²) in [6, 6.07) is 6.14. The first-order valence-corrected chi connectivity index (χ1v) is 6.96. The highest BCUT2D eigenvalue weighted by Gasteiger charge is 2.13. The predicted molar refractivity (Wildman–Crippen MR) is 78.4 cm³/mol. The minimum Gasteiger partial charge on any atom is -0.324 e. The number of nitrogens with zero attached hydrogens (tertiary/aromatic N) is 2. The maximum Gasteiger partial charge on any atom is 0.227 e. The number of carbonyl (C=O) groups excluding carboxylic acids is 1. The zero-order valence-corrected chi connectivity index (χ0v) is 11.7. The molecule has 1 N–H and O–H groups in total. The SMILES string of the molecule is O=C1CCc2ccc(Nc3ncc(Cl)cn3)cc2CC1. The molecular weight excluding hydrogens is 274 g/mol. The van der Waals surface area contributed by atoms with Crippen molar-refractivity contribution >= 4 is 29.0 Å². The van der Waals surface area contributed by atoms with E-state index in [0.717, 1.165) is 18.5 Å². The van der Waals surface area contributed by atoms with Crippen molar-refractivity contribution in [2.75, 3.05) is 5.32 Å². The summed E-state index contributed by atoms with van der Waals surface area (Å²) in [5.41, 5.74) is 3.42. The molecular formula is C15H14ClN3O. The number of anilines is 2. The number of ketones is 1. The third-order valence-corrected chi connectivity index (χ3v) is 3.62. The lowest BCUT2D eigenvalue weighted by Gasteiger charge is -2.09.